The molecule has 2 rings (SSSR count). The molecular weight excluding hydrogens is 274 g/mol. The third-order valence-corrected chi connectivity index (χ3v) is 6.23. The summed E-state index contributed by atoms with van der Waals surface area (Å²) in [5.41, 5.74) is -1.41. The number of aliphatic carboxylic acids is 1. The summed E-state index contributed by atoms with van der Waals surface area (Å²) in [5.74, 6) is -1.24. The Balaban J connectivity index is 2.29. The summed E-state index contributed by atoms with van der Waals surface area (Å²) in [6.45, 7) is 3.24. The zero-order chi connectivity index (χ0) is 13.6. The molecule has 100 valence electrons. The molecule has 0 saturated heterocycles. The third-order valence-electron chi connectivity index (χ3n) is 3.17. The molecule has 1 saturated carbocycles. The highest BCUT2D eigenvalue weighted by Gasteiger charge is 2.50. The van der Waals surface area contributed by atoms with E-state index in [9.17, 15) is 18.3 Å². The molecule has 0 aliphatic heterocycles. The third kappa shape index (κ3) is 2.43. The van der Waals surface area contributed by atoms with Gasteiger partial charge in [0.25, 0.3) is 10.0 Å². The number of sulfonamides is 1. The van der Waals surface area contributed by atoms with Gasteiger partial charge < -0.3 is 5.11 Å². The highest BCUT2D eigenvalue weighted by molar-refractivity contribution is 7.91. The maximum atomic E-state index is 12.1. The standard InChI is InChI=1S/C11H15NO4S2/c1-7-3-6-9(17-7)18(15,16)12-11(2,10(13)14)8-4-5-8/h3,6,8,12H,4-5H2,1-2H3,(H,13,14). The summed E-state index contributed by atoms with van der Waals surface area (Å²) >= 11 is 1.14. The smallest absolute Gasteiger partial charge is 0.324 e. The quantitative estimate of drug-likeness (QED) is 0.862. The van der Waals surface area contributed by atoms with Gasteiger partial charge >= 0.3 is 5.97 Å². The Kier molecular flexibility index (Phi) is 3.25. The van der Waals surface area contributed by atoms with E-state index in [2.05, 4.69) is 4.72 Å². The average Bonchev–Trinajstić information content (AvgIpc) is 3.01. The van der Waals surface area contributed by atoms with Crippen molar-refractivity contribution in [2.45, 2.75) is 36.4 Å². The van der Waals surface area contributed by atoms with E-state index in [1.54, 1.807) is 13.0 Å². The van der Waals surface area contributed by atoms with Gasteiger partial charge in [0, 0.05) is 4.88 Å². The molecule has 7 heteroatoms. The summed E-state index contributed by atoms with van der Waals surface area (Å²) in [6, 6.07) is 3.20. The van der Waals surface area contributed by atoms with Gasteiger partial charge in [-0.1, -0.05) is 0 Å². The molecule has 0 radical (unpaired) electrons. The van der Waals surface area contributed by atoms with Gasteiger partial charge in [-0.3, -0.25) is 4.79 Å². The molecule has 18 heavy (non-hydrogen) atoms. The number of rotatable bonds is 5. The Morgan fingerprint density at radius 2 is 2.11 bits per heavy atom. The van der Waals surface area contributed by atoms with Gasteiger partial charge in [-0.25, -0.2) is 8.42 Å². The first-order valence-electron chi connectivity index (χ1n) is 5.59. The van der Waals surface area contributed by atoms with E-state index in [4.69, 9.17) is 0 Å². The Hall–Kier alpha value is -0.920. The molecule has 1 atom stereocenters. The number of carboxylic acid groups (broad SMARTS) is 1. The van der Waals surface area contributed by atoms with Crippen LogP contribution in [0.5, 0.6) is 0 Å². The Bertz CT molecular complexity index is 574. The zero-order valence-electron chi connectivity index (χ0n) is 10.1. The molecule has 1 aromatic heterocycles. The maximum absolute atomic E-state index is 12.1. The van der Waals surface area contributed by atoms with Gasteiger partial charge in [0.2, 0.25) is 0 Å². The van der Waals surface area contributed by atoms with Crippen molar-refractivity contribution in [1.29, 1.82) is 0 Å². The van der Waals surface area contributed by atoms with Crippen LogP contribution >= 0.6 is 11.3 Å². The van der Waals surface area contributed by atoms with Gasteiger partial charge in [0.15, 0.2) is 0 Å². The molecule has 5 nitrogen and oxygen atoms in total. The minimum Gasteiger partial charge on any atom is -0.480 e. The van der Waals surface area contributed by atoms with Crippen LogP contribution in [0, 0.1) is 12.8 Å². The fourth-order valence-corrected chi connectivity index (χ4v) is 4.56. The van der Waals surface area contributed by atoms with Crippen LogP contribution in [0.15, 0.2) is 16.3 Å². The minimum atomic E-state index is -3.76. The number of aryl methyl sites for hydroxylation is 1. The Morgan fingerprint density at radius 1 is 1.50 bits per heavy atom. The van der Waals surface area contributed by atoms with Crippen molar-refractivity contribution >= 4 is 27.3 Å². The molecular formula is C11H15NO4S2. The molecule has 1 aliphatic carbocycles. The predicted molar refractivity (Wildman–Crippen MR) is 68.1 cm³/mol. The van der Waals surface area contributed by atoms with E-state index in [0.717, 1.165) is 29.1 Å². The highest BCUT2D eigenvalue weighted by Crippen LogP contribution is 2.40. The van der Waals surface area contributed by atoms with Crippen LogP contribution in [0.25, 0.3) is 0 Å². The van der Waals surface area contributed by atoms with Crippen LogP contribution in [0.1, 0.15) is 24.6 Å². The van der Waals surface area contributed by atoms with Crippen molar-refractivity contribution in [3.63, 3.8) is 0 Å². The van der Waals surface area contributed by atoms with E-state index < -0.39 is 21.5 Å². The first-order valence-corrected chi connectivity index (χ1v) is 7.89. The lowest BCUT2D eigenvalue weighted by Gasteiger charge is -2.25. The summed E-state index contributed by atoms with van der Waals surface area (Å²) in [6.07, 6.45) is 1.49. The number of hydrogen-bond donors (Lipinski definition) is 2. The zero-order valence-corrected chi connectivity index (χ0v) is 11.8. The van der Waals surface area contributed by atoms with Crippen molar-refractivity contribution in [2.24, 2.45) is 5.92 Å². The van der Waals surface area contributed by atoms with Crippen LogP contribution in [-0.4, -0.2) is 25.0 Å². The maximum Gasteiger partial charge on any atom is 0.324 e. The second-order valence-electron chi connectivity index (χ2n) is 4.75. The van der Waals surface area contributed by atoms with Gasteiger partial charge in [0.05, 0.1) is 0 Å². The molecule has 0 bridgehead atoms. The first kappa shape index (κ1) is 13.5. The molecule has 1 aromatic rings. The van der Waals surface area contributed by atoms with Crippen molar-refractivity contribution in [3.8, 4) is 0 Å². The fraction of sp³-hybridized carbons (Fsp3) is 0.545. The number of carbonyl (C=O) groups is 1. The molecule has 0 spiro atoms. The van der Waals surface area contributed by atoms with Gasteiger partial charge in [-0.15, -0.1) is 11.3 Å². The average molecular weight is 289 g/mol. The van der Waals surface area contributed by atoms with Gasteiger partial charge in [-0.2, -0.15) is 4.72 Å². The van der Waals surface area contributed by atoms with E-state index in [1.165, 1.54) is 13.0 Å². The lowest BCUT2D eigenvalue weighted by Crippen LogP contribution is -2.53. The second kappa shape index (κ2) is 4.32. The van der Waals surface area contributed by atoms with Crippen LogP contribution in [-0.2, 0) is 14.8 Å². The SMILES string of the molecule is Cc1ccc(S(=O)(=O)NC(C)(C(=O)O)C2CC2)s1. The fourth-order valence-electron chi connectivity index (χ4n) is 1.85. The lowest BCUT2D eigenvalue weighted by atomic mass is 9.98. The minimum absolute atomic E-state index is 0.120. The van der Waals surface area contributed by atoms with Crippen LogP contribution < -0.4 is 4.72 Å². The molecule has 0 amide bonds. The predicted octanol–water partition coefficient (Wildman–Crippen LogP) is 1.59. The molecule has 1 fully saturated rings. The molecule has 1 aliphatic rings. The van der Waals surface area contributed by atoms with Gasteiger partial charge in [-0.05, 0) is 44.7 Å². The normalized spacial score (nSPS) is 19.4. The number of thiophene rings is 1. The van der Waals surface area contributed by atoms with Crippen molar-refractivity contribution < 1.29 is 18.3 Å². The summed E-state index contributed by atoms with van der Waals surface area (Å²) in [5, 5.41) is 9.23. The molecule has 0 aromatic carbocycles. The summed E-state index contributed by atoms with van der Waals surface area (Å²) in [7, 11) is -3.76. The van der Waals surface area contributed by atoms with E-state index >= 15 is 0 Å². The number of carboxylic acids is 1. The van der Waals surface area contributed by atoms with Crippen LogP contribution in [0.4, 0.5) is 0 Å². The van der Waals surface area contributed by atoms with E-state index in [0.29, 0.717) is 0 Å². The van der Waals surface area contributed by atoms with Gasteiger partial charge in [0.1, 0.15) is 9.75 Å². The van der Waals surface area contributed by atoms with Crippen LogP contribution in [0.3, 0.4) is 0 Å². The Morgan fingerprint density at radius 3 is 2.50 bits per heavy atom. The van der Waals surface area contributed by atoms with Crippen LogP contribution in [0.2, 0.25) is 0 Å². The first-order chi connectivity index (χ1) is 8.25. The van der Waals surface area contributed by atoms with E-state index in [1.807, 2.05) is 0 Å². The monoisotopic (exact) mass is 289 g/mol. The Labute approximate surface area is 110 Å². The summed E-state index contributed by atoms with van der Waals surface area (Å²) in [4.78, 5) is 12.2. The van der Waals surface area contributed by atoms with Crippen molar-refractivity contribution in [1.82, 2.24) is 4.72 Å². The van der Waals surface area contributed by atoms with E-state index in [-0.39, 0.29) is 10.1 Å². The highest BCUT2D eigenvalue weighted by atomic mass is 32.2. The summed E-state index contributed by atoms with van der Waals surface area (Å²) < 4.78 is 26.8. The van der Waals surface area contributed by atoms with Crippen molar-refractivity contribution in [2.75, 3.05) is 0 Å². The number of hydrogen-bond acceptors (Lipinski definition) is 4. The molecule has 2 N–H and O–H groups in total. The lowest BCUT2D eigenvalue weighted by molar-refractivity contribution is -0.144. The molecule has 1 unspecified atom stereocenters. The van der Waals surface area contributed by atoms with Crippen molar-refractivity contribution in [3.05, 3.63) is 17.0 Å². The number of nitrogens with one attached hydrogen (secondary N) is 1. The topological polar surface area (TPSA) is 83.5 Å². The largest absolute Gasteiger partial charge is 0.480 e. The molecule has 1 heterocycles. The second-order valence-corrected chi connectivity index (χ2v) is 7.95.